The molecule has 2 aliphatic heterocycles. The first-order valence-electron chi connectivity index (χ1n) is 9.18. The van der Waals surface area contributed by atoms with E-state index in [0.717, 1.165) is 22.7 Å². The van der Waals surface area contributed by atoms with Gasteiger partial charge in [-0.25, -0.2) is 4.98 Å². The number of aromatic hydroxyl groups is 1. The van der Waals surface area contributed by atoms with Crippen molar-refractivity contribution in [2.75, 3.05) is 20.1 Å². The van der Waals surface area contributed by atoms with Gasteiger partial charge in [-0.2, -0.15) is 4.98 Å². The molecule has 0 bridgehead atoms. The first-order chi connectivity index (χ1) is 13.3. The quantitative estimate of drug-likeness (QED) is 0.600. The summed E-state index contributed by atoms with van der Waals surface area (Å²) in [6.45, 7) is 5.82. The molecule has 0 saturated heterocycles. The summed E-state index contributed by atoms with van der Waals surface area (Å²) in [6, 6.07) is 5.03. The van der Waals surface area contributed by atoms with Gasteiger partial charge < -0.3 is 19.7 Å². The molecule has 28 heavy (non-hydrogen) atoms. The molecule has 8 nitrogen and oxygen atoms in total. The molecule has 0 amide bonds. The Balaban J connectivity index is 2.01. The lowest BCUT2D eigenvalue weighted by Crippen LogP contribution is -2.27. The molecular weight excluding hydrogens is 360 g/mol. The second kappa shape index (κ2) is 7.93. The number of pyridine rings is 1. The molecule has 0 atom stereocenters. The van der Waals surface area contributed by atoms with Crippen LogP contribution < -0.4 is 5.43 Å². The molecule has 2 heterocycles. The molecule has 148 valence electrons. The zero-order chi connectivity index (χ0) is 20.4. The largest absolute Gasteiger partial charge is 0.493 e. The van der Waals surface area contributed by atoms with Gasteiger partial charge in [0.2, 0.25) is 11.3 Å². The van der Waals surface area contributed by atoms with E-state index in [1.807, 2.05) is 42.5 Å². The average molecular weight is 384 g/mol. The zero-order valence-electron chi connectivity index (χ0n) is 16.3. The lowest BCUT2D eigenvalue weighted by molar-refractivity contribution is -0.137. The normalized spacial score (nSPS) is 11.6. The number of fused-ring (bicyclic) bond motifs is 2. The lowest BCUT2D eigenvalue weighted by Gasteiger charge is -2.21. The maximum Gasteiger partial charge on any atom is 0.303 e. The number of likely N-dealkylation sites (N-methyl/N-ethyl adjacent to an activating group) is 1. The van der Waals surface area contributed by atoms with E-state index in [2.05, 4.69) is 9.97 Å². The SMILES string of the molecule is Cc1cc2nc3c(=O)cc(O)nc-3n(CCN(C)CCCC(=O)O)c2cc1C. The predicted molar refractivity (Wildman–Crippen MR) is 106 cm³/mol. The van der Waals surface area contributed by atoms with Crippen LogP contribution in [0.2, 0.25) is 0 Å². The summed E-state index contributed by atoms with van der Waals surface area (Å²) >= 11 is 0. The van der Waals surface area contributed by atoms with Crippen molar-refractivity contribution in [1.82, 2.24) is 19.4 Å². The topological polar surface area (TPSA) is 109 Å². The van der Waals surface area contributed by atoms with Gasteiger partial charge in [-0.3, -0.25) is 9.59 Å². The number of rotatable bonds is 7. The molecule has 0 unspecified atom stereocenters. The molecular formula is C20H24N4O4. The fourth-order valence-electron chi connectivity index (χ4n) is 3.22. The van der Waals surface area contributed by atoms with Crippen LogP contribution in [0.4, 0.5) is 0 Å². The molecule has 0 radical (unpaired) electrons. The Hall–Kier alpha value is -3.00. The molecule has 2 N–H and O–H groups in total. The lowest BCUT2D eigenvalue weighted by atomic mass is 10.1. The van der Waals surface area contributed by atoms with Gasteiger partial charge in [0.25, 0.3) is 0 Å². The second-order valence-corrected chi connectivity index (χ2v) is 7.14. The molecule has 8 heteroatoms. The Bertz CT molecular complexity index is 1060. The van der Waals surface area contributed by atoms with E-state index in [4.69, 9.17) is 5.11 Å². The van der Waals surface area contributed by atoms with Crippen molar-refractivity contribution < 1.29 is 15.0 Å². The number of nitrogens with zero attached hydrogens (tertiary/aromatic N) is 4. The molecule has 1 aromatic carbocycles. The minimum atomic E-state index is -0.803. The molecule has 0 fully saturated rings. The van der Waals surface area contributed by atoms with Gasteiger partial charge in [-0.15, -0.1) is 0 Å². The fraction of sp³-hybridized carbons (Fsp3) is 0.400. The van der Waals surface area contributed by atoms with Crippen LogP contribution in [0.15, 0.2) is 23.0 Å². The number of carboxylic acids is 1. The molecule has 0 aromatic heterocycles. The van der Waals surface area contributed by atoms with Gasteiger partial charge in [0.15, 0.2) is 11.5 Å². The number of aryl methyl sites for hydroxylation is 2. The first kappa shape index (κ1) is 19.8. The van der Waals surface area contributed by atoms with Crippen molar-refractivity contribution in [2.45, 2.75) is 33.2 Å². The van der Waals surface area contributed by atoms with E-state index in [9.17, 15) is 14.7 Å². The minimum Gasteiger partial charge on any atom is -0.493 e. The van der Waals surface area contributed by atoms with Gasteiger partial charge in [0.1, 0.15) is 0 Å². The Kier molecular flexibility index (Phi) is 5.60. The standard InChI is InChI=1S/C20H24N4O4/c1-12-9-14-15(10-13(12)2)24(8-7-23(3)6-4-5-18(27)28)20-19(21-14)16(25)11-17(26)22-20/h9-11,26H,4-8H2,1-3H3,(H,27,28). The van der Waals surface area contributed by atoms with Crippen LogP contribution in [-0.4, -0.2) is 55.8 Å². The molecule has 1 aromatic rings. The van der Waals surface area contributed by atoms with E-state index >= 15 is 0 Å². The van der Waals surface area contributed by atoms with Crippen molar-refractivity contribution in [2.24, 2.45) is 0 Å². The summed E-state index contributed by atoms with van der Waals surface area (Å²) in [5, 5.41) is 18.6. The Labute approximate surface area is 162 Å². The zero-order valence-corrected chi connectivity index (χ0v) is 16.3. The Morgan fingerprint density at radius 3 is 2.57 bits per heavy atom. The van der Waals surface area contributed by atoms with Crippen LogP contribution in [0.5, 0.6) is 5.88 Å². The third-order valence-electron chi connectivity index (χ3n) is 4.93. The van der Waals surface area contributed by atoms with Gasteiger partial charge in [-0.05, 0) is 57.1 Å². The van der Waals surface area contributed by atoms with Gasteiger partial charge in [0, 0.05) is 19.5 Å². The van der Waals surface area contributed by atoms with E-state index in [1.54, 1.807) is 0 Å². The van der Waals surface area contributed by atoms with Gasteiger partial charge >= 0.3 is 5.97 Å². The number of benzene rings is 1. The summed E-state index contributed by atoms with van der Waals surface area (Å²) in [6.07, 6.45) is 0.697. The van der Waals surface area contributed by atoms with E-state index in [1.165, 1.54) is 0 Å². The van der Waals surface area contributed by atoms with Crippen molar-refractivity contribution in [3.63, 3.8) is 0 Å². The van der Waals surface area contributed by atoms with Crippen LogP contribution >= 0.6 is 0 Å². The van der Waals surface area contributed by atoms with Gasteiger partial charge in [-0.1, -0.05) is 0 Å². The third-order valence-corrected chi connectivity index (χ3v) is 4.93. The summed E-state index contributed by atoms with van der Waals surface area (Å²) in [5.74, 6) is -0.784. The second-order valence-electron chi connectivity index (χ2n) is 7.14. The average Bonchev–Trinajstić information content (AvgIpc) is 2.60. The molecule has 0 spiro atoms. The molecule has 0 saturated carbocycles. The van der Waals surface area contributed by atoms with Crippen LogP contribution in [0, 0.1) is 13.8 Å². The Morgan fingerprint density at radius 1 is 1.14 bits per heavy atom. The van der Waals surface area contributed by atoms with E-state index < -0.39 is 5.97 Å². The number of aliphatic carboxylic acids is 1. The number of carbonyl (C=O) groups is 1. The highest BCUT2D eigenvalue weighted by atomic mass is 16.4. The van der Waals surface area contributed by atoms with Crippen molar-refractivity contribution in [1.29, 1.82) is 0 Å². The van der Waals surface area contributed by atoms with Gasteiger partial charge in [0.05, 0.1) is 17.1 Å². The maximum absolute atomic E-state index is 12.3. The highest BCUT2D eigenvalue weighted by Gasteiger charge is 2.19. The fourth-order valence-corrected chi connectivity index (χ4v) is 3.22. The summed E-state index contributed by atoms with van der Waals surface area (Å²) < 4.78 is 1.90. The third kappa shape index (κ3) is 4.12. The van der Waals surface area contributed by atoms with Crippen molar-refractivity contribution >= 4 is 17.0 Å². The minimum absolute atomic E-state index is 0.131. The van der Waals surface area contributed by atoms with Crippen LogP contribution in [0.1, 0.15) is 24.0 Å². The highest BCUT2D eigenvalue weighted by Crippen LogP contribution is 2.25. The van der Waals surface area contributed by atoms with E-state index in [-0.39, 0.29) is 23.4 Å². The summed E-state index contributed by atoms with van der Waals surface area (Å²) in [7, 11) is 1.92. The first-order valence-corrected chi connectivity index (χ1v) is 9.18. The smallest absolute Gasteiger partial charge is 0.303 e. The van der Waals surface area contributed by atoms with Crippen molar-refractivity contribution in [3.8, 4) is 17.4 Å². The number of carboxylic acid groups (broad SMARTS) is 1. The van der Waals surface area contributed by atoms with E-state index in [0.29, 0.717) is 37.4 Å². The maximum atomic E-state index is 12.3. The number of aromatic nitrogens is 3. The summed E-state index contributed by atoms with van der Waals surface area (Å²) in [5.41, 5.74) is 3.57. The number of hydrogen-bond donors (Lipinski definition) is 2. The predicted octanol–water partition coefficient (Wildman–Crippen LogP) is 2.02. The monoisotopic (exact) mass is 384 g/mol. The molecule has 3 rings (SSSR count). The Morgan fingerprint density at radius 2 is 1.86 bits per heavy atom. The van der Waals surface area contributed by atoms with Crippen LogP contribution in [-0.2, 0) is 11.3 Å². The van der Waals surface area contributed by atoms with Crippen molar-refractivity contribution in [3.05, 3.63) is 39.5 Å². The number of hydrogen-bond acceptors (Lipinski definition) is 6. The highest BCUT2D eigenvalue weighted by molar-refractivity contribution is 5.81. The molecule has 2 aliphatic rings. The van der Waals surface area contributed by atoms with Crippen LogP contribution in [0.3, 0.4) is 0 Å². The van der Waals surface area contributed by atoms with Crippen LogP contribution in [0.25, 0.3) is 22.6 Å². The summed E-state index contributed by atoms with van der Waals surface area (Å²) in [4.78, 5) is 33.7. The molecule has 0 aliphatic carbocycles.